The summed E-state index contributed by atoms with van der Waals surface area (Å²) in [6, 6.07) is 3.69. The van der Waals surface area contributed by atoms with E-state index in [4.69, 9.17) is 16.9 Å². The standard InChI is InChI=1S/C16H16ClN5O/c1-11(23)5-6-19-14-7-16(17)20-9-12(14)3-4-13-10-22(2)21-15(13)8-18/h7,9-11,23H,5-6H2,1-2H3,(H,19,20)/t11-/m1/s1. The van der Waals surface area contributed by atoms with Gasteiger partial charge in [0, 0.05) is 26.0 Å². The number of pyridine rings is 1. The van der Waals surface area contributed by atoms with Gasteiger partial charge in [-0.2, -0.15) is 10.4 Å². The van der Waals surface area contributed by atoms with Crippen molar-refractivity contribution in [3.8, 4) is 17.9 Å². The van der Waals surface area contributed by atoms with E-state index in [1.165, 1.54) is 0 Å². The summed E-state index contributed by atoms with van der Waals surface area (Å²) in [5.74, 6) is 5.91. The molecule has 23 heavy (non-hydrogen) atoms. The summed E-state index contributed by atoms with van der Waals surface area (Å²) in [6.07, 6.45) is 3.48. The lowest BCUT2D eigenvalue weighted by Gasteiger charge is -2.09. The molecule has 0 saturated carbocycles. The molecule has 0 aliphatic rings. The predicted molar refractivity (Wildman–Crippen MR) is 87.9 cm³/mol. The lowest BCUT2D eigenvalue weighted by Crippen LogP contribution is -2.10. The Morgan fingerprint density at radius 3 is 2.87 bits per heavy atom. The van der Waals surface area contributed by atoms with Gasteiger partial charge in [-0.25, -0.2) is 4.98 Å². The molecule has 0 radical (unpaired) electrons. The number of aliphatic hydroxyl groups is 1. The van der Waals surface area contributed by atoms with Gasteiger partial charge in [-0.05, 0) is 19.4 Å². The zero-order valence-corrected chi connectivity index (χ0v) is 13.6. The molecule has 2 heterocycles. The Labute approximate surface area is 139 Å². The molecule has 0 bridgehead atoms. The van der Waals surface area contributed by atoms with Crippen LogP contribution in [0.5, 0.6) is 0 Å². The molecule has 0 amide bonds. The molecule has 0 fully saturated rings. The molecule has 1 atom stereocenters. The van der Waals surface area contributed by atoms with E-state index in [9.17, 15) is 5.11 Å². The number of hydrogen-bond donors (Lipinski definition) is 2. The van der Waals surface area contributed by atoms with Gasteiger partial charge in [0.2, 0.25) is 0 Å². The van der Waals surface area contributed by atoms with Crippen molar-refractivity contribution in [2.24, 2.45) is 7.05 Å². The number of anilines is 1. The van der Waals surface area contributed by atoms with E-state index in [-0.39, 0.29) is 11.8 Å². The average molecular weight is 330 g/mol. The Bertz CT molecular complexity index is 795. The Balaban J connectivity index is 2.26. The fourth-order valence-electron chi connectivity index (χ4n) is 1.89. The van der Waals surface area contributed by atoms with Crippen LogP contribution in [-0.4, -0.2) is 32.5 Å². The number of aliphatic hydroxyl groups excluding tert-OH is 1. The Kier molecular flexibility index (Phi) is 5.59. The van der Waals surface area contributed by atoms with E-state index in [1.54, 1.807) is 37.1 Å². The maximum Gasteiger partial charge on any atom is 0.178 e. The van der Waals surface area contributed by atoms with E-state index in [1.807, 2.05) is 6.07 Å². The van der Waals surface area contributed by atoms with E-state index in [2.05, 4.69) is 27.2 Å². The lowest BCUT2D eigenvalue weighted by atomic mass is 10.2. The van der Waals surface area contributed by atoms with Crippen molar-refractivity contribution in [3.05, 3.63) is 40.4 Å². The number of halogens is 1. The van der Waals surface area contributed by atoms with Crippen LogP contribution in [0.4, 0.5) is 5.69 Å². The summed E-state index contributed by atoms with van der Waals surface area (Å²) >= 11 is 5.92. The van der Waals surface area contributed by atoms with Crippen LogP contribution < -0.4 is 5.32 Å². The van der Waals surface area contributed by atoms with Crippen molar-refractivity contribution in [1.29, 1.82) is 5.26 Å². The molecule has 0 aliphatic heterocycles. The number of rotatable bonds is 4. The summed E-state index contributed by atoms with van der Waals surface area (Å²) in [4.78, 5) is 4.03. The van der Waals surface area contributed by atoms with Crippen LogP contribution in [0, 0.1) is 23.2 Å². The van der Waals surface area contributed by atoms with Crippen LogP contribution >= 0.6 is 11.6 Å². The zero-order chi connectivity index (χ0) is 16.8. The van der Waals surface area contributed by atoms with Gasteiger partial charge >= 0.3 is 0 Å². The summed E-state index contributed by atoms with van der Waals surface area (Å²) in [5, 5.41) is 25.9. The fraction of sp³-hybridized carbons (Fsp3) is 0.312. The third-order valence-corrected chi connectivity index (χ3v) is 3.22. The van der Waals surface area contributed by atoms with Crippen molar-refractivity contribution >= 4 is 17.3 Å². The SMILES string of the molecule is C[C@@H](O)CCNc1cc(Cl)ncc1C#Cc1cn(C)nc1C#N. The molecule has 0 aromatic carbocycles. The Morgan fingerprint density at radius 1 is 1.43 bits per heavy atom. The fourth-order valence-corrected chi connectivity index (χ4v) is 2.05. The molecule has 0 spiro atoms. The smallest absolute Gasteiger partial charge is 0.178 e. The maximum absolute atomic E-state index is 9.32. The van der Waals surface area contributed by atoms with E-state index in [0.29, 0.717) is 29.2 Å². The molecule has 2 N–H and O–H groups in total. The van der Waals surface area contributed by atoms with Gasteiger partial charge in [0.1, 0.15) is 11.2 Å². The highest BCUT2D eigenvalue weighted by molar-refractivity contribution is 6.29. The maximum atomic E-state index is 9.32. The molecule has 2 aromatic rings. The highest BCUT2D eigenvalue weighted by Gasteiger charge is 2.06. The average Bonchev–Trinajstić information content (AvgIpc) is 2.86. The number of aromatic nitrogens is 3. The molecule has 6 nitrogen and oxygen atoms in total. The predicted octanol–water partition coefficient (Wildman–Crippen LogP) is 1.92. The van der Waals surface area contributed by atoms with Crippen LogP contribution in [0.15, 0.2) is 18.5 Å². The first-order valence-electron chi connectivity index (χ1n) is 7.03. The van der Waals surface area contributed by atoms with Crippen molar-refractivity contribution < 1.29 is 5.11 Å². The molecule has 0 saturated heterocycles. The van der Waals surface area contributed by atoms with E-state index in [0.717, 1.165) is 5.69 Å². The van der Waals surface area contributed by atoms with Crippen LogP contribution in [0.2, 0.25) is 5.15 Å². The number of aryl methyl sites for hydroxylation is 1. The molecule has 2 rings (SSSR count). The summed E-state index contributed by atoms with van der Waals surface area (Å²) in [6.45, 7) is 2.32. The van der Waals surface area contributed by atoms with Gasteiger partial charge in [0.25, 0.3) is 0 Å². The third kappa shape index (κ3) is 4.72. The summed E-state index contributed by atoms with van der Waals surface area (Å²) in [5.41, 5.74) is 2.23. The van der Waals surface area contributed by atoms with Gasteiger partial charge in [-0.1, -0.05) is 23.4 Å². The number of hydrogen-bond acceptors (Lipinski definition) is 5. The van der Waals surface area contributed by atoms with Crippen molar-refractivity contribution in [2.45, 2.75) is 19.4 Å². The highest BCUT2D eigenvalue weighted by Crippen LogP contribution is 2.18. The second-order valence-electron chi connectivity index (χ2n) is 5.04. The van der Waals surface area contributed by atoms with Gasteiger partial charge in [-0.15, -0.1) is 0 Å². The first-order valence-corrected chi connectivity index (χ1v) is 7.40. The number of nitrogens with one attached hydrogen (secondary N) is 1. The molecule has 0 aliphatic carbocycles. The Hall–Kier alpha value is -2.54. The minimum Gasteiger partial charge on any atom is -0.393 e. The Morgan fingerprint density at radius 2 is 2.17 bits per heavy atom. The summed E-state index contributed by atoms with van der Waals surface area (Å²) in [7, 11) is 1.74. The molecule has 2 aromatic heterocycles. The second-order valence-corrected chi connectivity index (χ2v) is 5.43. The monoisotopic (exact) mass is 329 g/mol. The molecule has 0 unspecified atom stereocenters. The number of nitriles is 1. The largest absolute Gasteiger partial charge is 0.393 e. The first-order chi connectivity index (χ1) is 11.0. The molecular formula is C16H16ClN5O. The van der Waals surface area contributed by atoms with E-state index < -0.39 is 0 Å². The number of nitrogens with zero attached hydrogens (tertiary/aromatic N) is 4. The van der Waals surface area contributed by atoms with Crippen molar-refractivity contribution in [3.63, 3.8) is 0 Å². The minimum absolute atomic E-state index is 0.283. The third-order valence-electron chi connectivity index (χ3n) is 3.01. The van der Waals surface area contributed by atoms with Crippen molar-refractivity contribution in [2.75, 3.05) is 11.9 Å². The van der Waals surface area contributed by atoms with Crippen LogP contribution in [0.3, 0.4) is 0 Å². The molecule has 7 heteroatoms. The summed E-state index contributed by atoms with van der Waals surface area (Å²) < 4.78 is 1.55. The van der Waals surface area contributed by atoms with Crippen LogP contribution in [-0.2, 0) is 7.05 Å². The van der Waals surface area contributed by atoms with E-state index >= 15 is 0 Å². The quantitative estimate of drug-likeness (QED) is 0.661. The topological polar surface area (TPSA) is 86.8 Å². The normalized spacial score (nSPS) is 11.3. The van der Waals surface area contributed by atoms with Gasteiger partial charge < -0.3 is 10.4 Å². The molecule has 118 valence electrons. The minimum atomic E-state index is -0.386. The lowest BCUT2D eigenvalue weighted by molar-refractivity contribution is 0.189. The van der Waals surface area contributed by atoms with Crippen molar-refractivity contribution in [1.82, 2.24) is 14.8 Å². The van der Waals surface area contributed by atoms with Gasteiger partial charge in [0.05, 0.1) is 22.9 Å². The highest BCUT2D eigenvalue weighted by atomic mass is 35.5. The molecular weight excluding hydrogens is 314 g/mol. The second kappa shape index (κ2) is 7.64. The van der Waals surface area contributed by atoms with Gasteiger partial charge in [-0.3, -0.25) is 4.68 Å². The van der Waals surface area contributed by atoms with Crippen LogP contribution in [0.25, 0.3) is 0 Å². The zero-order valence-electron chi connectivity index (χ0n) is 12.8. The van der Waals surface area contributed by atoms with Gasteiger partial charge in [0.15, 0.2) is 5.69 Å². The first kappa shape index (κ1) is 16.8. The van der Waals surface area contributed by atoms with Crippen LogP contribution in [0.1, 0.15) is 30.2 Å².